The van der Waals surface area contributed by atoms with E-state index >= 15 is 0 Å². The Hall–Kier alpha value is -2.70. The number of carbonyl (C=O) groups excluding carboxylic acids is 1. The van der Waals surface area contributed by atoms with Gasteiger partial charge in [-0.1, -0.05) is 12.1 Å². The molecule has 1 aromatic rings. The van der Waals surface area contributed by atoms with Gasteiger partial charge in [0.2, 0.25) is 0 Å². The number of hydrogen-bond acceptors (Lipinski definition) is 5. The maximum absolute atomic E-state index is 10.9. The number of hydrogen-bond donors (Lipinski definition) is 1. The third kappa shape index (κ3) is 4.99. The molecule has 1 amide bonds. The second-order valence-corrected chi connectivity index (χ2v) is 3.29. The Morgan fingerprint density at radius 3 is 2.95 bits per heavy atom. The molecule has 0 bridgehead atoms. The van der Waals surface area contributed by atoms with Crippen molar-refractivity contribution in [2.75, 3.05) is 6.61 Å². The minimum atomic E-state index is -0.655. The number of hydrazone groups is 1. The largest absolute Gasteiger partial charge is 0.449 e. The molecule has 0 aliphatic carbocycles. The average molecular weight is 263 g/mol. The summed E-state index contributed by atoms with van der Waals surface area (Å²) in [6.45, 7) is 1.94. The summed E-state index contributed by atoms with van der Waals surface area (Å²) < 4.78 is 4.58. The van der Waals surface area contributed by atoms with Crippen LogP contribution in [0, 0.1) is 10.1 Å². The van der Waals surface area contributed by atoms with Crippen molar-refractivity contribution < 1.29 is 14.5 Å². The van der Waals surface area contributed by atoms with Crippen LogP contribution in [0.4, 0.5) is 10.5 Å². The lowest BCUT2D eigenvalue weighted by atomic mass is 10.2. The highest BCUT2D eigenvalue weighted by Crippen LogP contribution is 2.18. The van der Waals surface area contributed by atoms with E-state index in [4.69, 9.17) is 0 Å². The number of nitrogens with zero attached hydrogens (tertiary/aromatic N) is 2. The van der Waals surface area contributed by atoms with Crippen molar-refractivity contribution in [1.29, 1.82) is 0 Å². The number of allylic oxidation sites excluding steroid dienone is 1. The van der Waals surface area contributed by atoms with Crippen molar-refractivity contribution >= 4 is 24.1 Å². The number of para-hydroxylation sites is 1. The van der Waals surface area contributed by atoms with E-state index in [1.165, 1.54) is 24.4 Å². The third-order valence-electron chi connectivity index (χ3n) is 2.00. The Bertz CT molecular complexity index is 511. The van der Waals surface area contributed by atoms with Gasteiger partial charge in [-0.3, -0.25) is 10.1 Å². The Labute approximate surface area is 109 Å². The van der Waals surface area contributed by atoms with E-state index in [2.05, 4.69) is 15.3 Å². The summed E-state index contributed by atoms with van der Waals surface area (Å²) in [4.78, 5) is 21.1. The molecule has 0 aliphatic heterocycles. The van der Waals surface area contributed by atoms with Gasteiger partial charge in [0.1, 0.15) is 0 Å². The van der Waals surface area contributed by atoms with Crippen LogP contribution >= 0.6 is 0 Å². The second-order valence-electron chi connectivity index (χ2n) is 3.29. The summed E-state index contributed by atoms with van der Waals surface area (Å²) in [6, 6.07) is 6.31. The van der Waals surface area contributed by atoms with E-state index in [1.54, 1.807) is 25.1 Å². The number of nitro benzene ring substituents is 1. The van der Waals surface area contributed by atoms with Crippen molar-refractivity contribution in [3.63, 3.8) is 0 Å². The number of nitrogens with one attached hydrogen (secondary N) is 1. The lowest BCUT2D eigenvalue weighted by molar-refractivity contribution is -0.385. The molecule has 0 saturated heterocycles. The standard InChI is InChI=1S/C12H13N3O4/c1-2-19-12(16)14-13-9-5-7-10-6-3-4-8-11(10)15(17)18/h3-9H,2H2,1H3,(H,14,16)/b7-5+,13-9-. The van der Waals surface area contributed by atoms with Crippen LogP contribution in [0.25, 0.3) is 6.08 Å². The Balaban J connectivity index is 2.60. The number of rotatable bonds is 5. The van der Waals surface area contributed by atoms with Crippen LogP contribution in [0.3, 0.4) is 0 Å². The maximum atomic E-state index is 10.9. The van der Waals surface area contributed by atoms with Crippen LogP contribution in [0.15, 0.2) is 35.4 Å². The van der Waals surface area contributed by atoms with Crippen molar-refractivity contribution in [3.8, 4) is 0 Å². The smallest absolute Gasteiger partial charge is 0.427 e. The van der Waals surface area contributed by atoms with Crippen molar-refractivity contribution in [2.24, 2.45) is 5.10 Å². The van der Waals surface area contributed by atoms with E-state index in [-0.39, 0.29) is 12.3 Å². The summed E-state index contributed by atoms with van der Waals surface area (Å²) >= 11 is 0. The summed E-state index contributed by atoms with van der Waals surface area (Å²) in [7, 11) is 0. The molecule has 0 spiro atoms. The molecule has 1 rings (SSSR count). The van der Waals surface area contributed by atoms with E-state index < -0.39 is 11.0 Å². The van der Waals surface area contributed by atoms with Gasteiger partial charge in [0.15, 0.2) is 0 Å². The lowest BCUT2D eigenvalue weighted by Crippen LogP contribution is -2.18. The number of nitro groups is 1. The normalized spacial score (nSPS) is 10.8. The monoisotopic (exact) mass is 263 g/mol. The van der Waals surface area contributed by atoms with Gasteiger partial charge in [-0.2, -0.15) is 5.10 Å². The van der Waals surface area contributed by atoms with Crippen LogP contribution in [0.2, 0.25) is 0 Å². The highest BCUT2D eigenvalue weighted by atomic mass is 16.6. The predicted molar refractivity (Wildman–Crippen MR) is 70.8 cm³/mol. The average Bonchev–Trinajstić information content (AvgIpc) is 2.39. The van der Waals surface area contributed by atoms with Crippen molar-refractivity contribution in [2.45, 2.75) is 6.92 Å². The number of amides is 1. The first-order chi connectivity index (χ1) is 9.15. The molecule has 7 nitrogen and oxygen atoms in total. The van der Waals surface area contributed by atoms with Gasteiger partial charge in [0.25, 0.3) is 5.69 Å². The quantitative estimate of drug-likeness (QED) is 0.501. The van der Waals surface area contributed by atoms with Crippen molar-refractivity contribution in [3.05, 3.63) is 46.0 Å². The zero-order valence-electron chi connectivity index (χ0n) is 10.3. The minimum absolute atomic E-state index is 0.00509. The number of ether oxygens (including phenoxy) is 1. The molecule has 100 valence electrons. The molecule has 0 heterocycles. The molecule has 0 radical (unpaired) electrons. The third-order valence-corrected chi connectivity index (χ3v) is 2.00. The summed E-state index contributed by atoms with van der Waals surface area (Å²) in [5, 5.41) is 14.3. The molecule has 0 unspecified atom stereocenters. The highest BCUT2D eigenvalue weighted by molar-refractivity contribution is 5.80. The van der Waals surface area contributed by atoms with Crippen molar-refractivity contribution in [1.82, 2.24) is 5.43 Å². The molecule has 0 saturated carbocycles. The lowest BCUT2D eigenvalue weighted by Gasteiger charge is -1.97. The highest BCUT2D eigenvalue weighted by Gasteiger charge is 2.08. The maximum Gasteiger partial charge on any atom is 0.427 e. The zero-order valence-corrected chi connectivity index (χ0v) is 10.3. The van der Waals surface area contributed by atoms with Gasteiger partial charge in [-0.25, -0.2) is 10.2 Å². The Morgan fingerprint density at radius 1 is 1.53 bits per heavy atom. The van der Waals surface area contributed by atoms with Crippen LogP contribution < -0.4 is 5.43 Å². The predicted octanol–water partition coefficient (Wildman–Crippen LogP) is 2.34. The summed E-state index contributed by atoms with van der Waals surface area (Å²) in [5.41, 5.74) is 2.59. The molecular weight excluding hydrogens is 250 g/mol. The van der Waals surface area contributed by atoms with Gasteiger partial charge in [-0.15, -0.1) is 0 Å². The topological polar surface area (TPSA) is 93.8 Å². The fourth-order valence-electron chi connectivity index (χ4n) is 1.24. The molecule has 19 heavy (non-hydrogen) atoms. The van der Waals surface area contributed by atoms with E-state index in [9.17, 15) is 14.9 Å². The number of carbonyl (C=O) groups is 1. The van der Waals surface area contributed by atoms with Gasteiger partial charge in [0.05, 0.1) is 17.1 Å². The summed E-state index contributed by atoms with van der Waals surface area (Å²) in [5.74, 6) is 0. The van der Waals surface area contributed by atoms with Crippen LogP contribution in [0.1, 0.15) is 12.5 Å². The van der Waals surface area contributed by atoms with Gasteiger partial charge < -0.3 is 4.74 Å². The molecule has 1 N–H and O–H groups in total. The first-order valence-electron chi connectivity index (χ1n) is 5.51. The second kappa shape index (κ2) is 7.59. The van der Waals surface area contributed by atoms with Crippen LogP contribution in [-0.4, -0.2) is 23.8 Å². The zero-order chi connectivity index (χ0) is 14.1. The molecular formula is C12H13N3O4. The Kier molecular flexibility index (Phi) is 5.74. The fourth-order valence-corrected chi connectivity index (χ4v) is 1.24. The number of benzene rings is 1. The molecule has 0 aliphatic rings. The first kappa shape index (κ1) is 14.4. The van der Waals surface area contributed by atoms with Gasteiger partial charge in [-0.05, 0) is 25.1 Å². The fraction of sp³-hybridized carbons (Fsp3) is 0.167. The molecule has 0 fully saturated rings. The van der Waals surface area contributed by atoms with E-state index in [0.29, 0.717) is 5.56 Å². The first-order valence-corrected chi connectivity index (χ1v) is 5.51. The van der Waals surface area contributed by atoms with Crippen LogP contribution in [-0.2, 0) is 4.74 Å². The van der Waals surface area contributed by atoms with Gasteiger partial charge in [0, 0.05) is 12.3 Å². The summed E-state index contributed by atoms with van der Waals surface area (Å²) in [6.07, 6.45) is 3.65. The molecule has 7 heteroatoms. The Morgan fingerprint density at radius 2 is 2.26 bits per heavy atom. The SMILES string of the molecule is CCOC(=O)N/N=C\C=C\c1ccccc1[N+](=O)[O-]. The van der Waals surface area contributed by atoms with Gasteiger partial charge >= 0.3 is 6.09 Å². The minimum Gasteiger partial charge on any atom is -0.449 e. The van der Waals surface area contributed by atoms with Crippen LogP contribution in [0.5, 0.6) is 0 Å². The molecule has 0 atom stereocenters. The van der Waals surface area contributed by atoms with E-state index in [0.717, 1.165) is 0 Å². The molecule has 0 aromatic heterocycles. The van der Waals surface area contributed by atoms with E-state index in [1.807, 2.05) is 0 Å². The molecule has 1 aromatic carbocycles.